The van der Waals surface area contributed by atoms with Crippen LogP contribution in [0, 0.1) is 0 Å². The van der Waals surface area contributed by atoms with E-state index in [1.54, 1.807) is 16.9 Å². The van der Waals surface area contributed by atoms with Gasteiger partial charge in [0.2, 0.25) is 0 Å². The molecule has 1 aromatic heterocycles. The number of amides is 1. The number of ether oxygens (including phenoxy) is 1. The SMILES string of the molecule is CCC(CC)n1nccc1C(=O)N(CC(=O)O)C1CCOCC1. The standard InChI is InChI=1S/C16H25N3O4/c1-3-12(4-2)19-14(5-8-17-19)16(22)18(11-15(20)21)13-6-9-23-10-7-13/h5,8,12-13H,3-4,6-7,9-11H2,1-2H3,(H,20,21). The molecule has 1 amide bonds. The number of carboxylic acid groups (broad SMARTS) is 1. The smallest absolute Gasteiger partial charge is 0.323 e. The highest BCUT2D eigenvalue weighted by atomic mass is 16.5. The lowest BCUT2D eigenvalue weighted by molar-refractivity contribution is -0.138. The molecule has 1 aliphatic heterocycles. The fourth-order valence-corrected chi connectivity index (χ4v) is 3.07. The molecular weight excluding hydrogens is 298 g/mol. The molecule has 7 nitrogen and oxygen atoms in total. The van der Waals surface area contributed by atoms with Crippen molar-refractivity contribution >= 4 is 11.9 Å². The summed E-state index contributed by atoms with van der Waals surface area (Å²) in [7, 11) is 0. The zero-order valence-corrected chi connectivity index (χ0v) is 13.8. The van der Waals surface area contributed by atoms with Gasteiger partial charge in [-0.25, -0.2) is 0 Å². The molecule has 23 heavy (non-hydrogen) atoms. The average Bonchev–Trinajstić information content (AvgIpc) is 3.03. The van der Waals surface area contributed by atoms with Gasteiger partial charge in [-0.05, 0) is 31.7 Å². The minimum Gasteiger partial charge on any atom is -0.480 e. The molecule has 0 aliphatic carbocycles. The highest BCUT2D eigenvalue weighted by Crippen LogP contribution is 2.21. The number of aliphatic carboxylic acids is 1. The number of carboxylic acids is 1. The molecule has 0 bridgehead atoms. The first kappa shape index (κ1) is 17.5. The minimum absolute atomic E-state index is 0.0996. The summed E-state index contributed by atoms with van der Waals surface area (Å²) >= 11 is 0. The highest BCUT2D eigenvalue weighted by molar-refractivity contribution is 5.94. The van der Waals surface area contributed by atoms with Crippen molar-refractivity contribution in [2.75, 3.05) is 19.8 Å². The van der Waals surface area contributed by atoms with E-state index in [1.165, 1.54) is 4.90 Å². The number of hydrogen-bond acceptors (Lipinski definition) is 4. The first-order valence-electron chi connectivity index (χ1n) is 8.22. The van der Waals surface area contributed by atoms with Crippen molar-refractivity contribution in [2.24, 2.45) is 0 Å². The molecule has 0 spiro atoms. The fourth-order valence-electron chi connectivity index (χ4n) is 3.07. The van der Waals surface area contributed by atoms with E-state index < -0.39 is 5.97 Å². The lowest BCUT2D eigenvalue weighted by atomic mass is 10.1. The third-order valence-corrected chi connectivity index (χ3v) is 4.38. The number of nitrogens with zero attached hydrogens (tertiary/aromatic N) is 3. The maximum absolute atomic E-state index is 13.0. The van der Waals surface area contributed by atoms with Gasteiger partial charge in [0.05, 0.1) is 6.04 Å². The van der Waals surface area contributed by atoms with Crippen LogP contribution in [-0.2, 0) is 9.53 Å². The Balaban J connectivity index is 2.26. The Bertz CT molecular complexity index is 533. The molecule has 2 rings (SSSR count). The van der Waals surface area contributed by atoms with Crippen LogP contribution in [0.2, 0.25) is 0 Å². The van der Waals surface area contributed by atoms with E-state index in [0.29, 0.717) is 31.7 Å². The van der Waals surface area contributed by atoms with Crippen LogP contribution in [0.25, 0.3) is 0 Å². The second kappa shape index (κ2) is 8.10. The number of carbonyl (C=O) groups is 2. The number of rotatable bonds is 7. The van der Waals surface area contributed by atoms with Crippen LogP contribution in [0.1, 0.15) is 56.1 Å². The lowest BCUT2D eigenvalue weighted by Gasteiger charge is -2.33. The van der Waals surface area contributed by atoms with Gasteiger partial charge in [0.15, 0.2) is 0 Å². The predicted molar refractivity (Wildman–Crippen MR) is 84.4 cm³/mol. The van der Waals surface area contributed by atoms with Gasteiger partial charge >= 0.3 is 5.97 Å². The molecule has 0 aromatic carbocycles. The third kappa shape index (κ3) is 4.10. The molecule has 128 valence electrons. The van der Waals surface area contributed by atoms with Gasteiger partial charge in [-0.3, -0.25) is 14.3 Å². The first-order valence-corrected chi connectivity index (χ1v) is 8.22. The fraction of sp³-hybridized carbons (Fsp3) is 0.688. The van der Waals surface area contributed by atoms with E-state index in [0.717, 1.165) is 12.8 Å². The van der Waals surface area contributed by atoms with Crippen LogP contribution in [-0.4, -0.2) is 57.5 Å². The van der Waals surface area contributed by atoms with Gasteiger partial charge in [0.25, 0.3) is 5.91 Å². The second-order valence-electron chi connectivity index (χ2n) is 5.80. The van der Waals surface area contributed by atoms with Gasteiger partial charge in [0, 0.05) is 25.5 Å². The van der Waals surface area contributed by atoms with Crippen molar-refractivity contribution in [3.63, 3.8) is 0 Å². The molecule has 0 atom stereocenters. The minimum atomic E-state index is -1.00. The Morgan fingerprint density at radius 3 is 2.61 bits per heavy atom. The Kier molecular flexibility index (Phi) is 6.15. The Hall–Kier alpha value is -1.89. The molecule has 2 heterocycles. The Morgan fingerprint density at radius 2 is 2.04 bits per heavy atom. The van der Waals surface area contributed by atoms with E-state index in [4.69, 9.17) is 4.74 Å². The summed E-state index contributed by atoms with van der Waals surface area (Å²) in [6, 6.07) is 1.72. The number of aromatic nitrogens is 2. The molecule has 1 aliphatic rings. The highest BCUT2D eigenvalue weighted by Gasteiger charge is 2.30. The van der Waals surface area contributed by atoms with E-state index in [1.807, 2.05) is 0 Å². The van der Waals surface area contributed by atoms with E-state index in [-0.39, 0.29) is 24.5 Å². The molecular formula is C16H25N3O4. The van der Waals surface area contributed by atoms with Crippen LogP contribution in [0.4, 0.5) is 0 Å². The Labute approximate surface area is 136 Å². The summed E-state index contributed by atoms with van der Waals surface area (Å²) in [5.41, 5.74) is 0.464. The van der Waals surface area contributed by atoms with Crippen molar-refractivity contribution < 1.29 is 19.4 Å². The average molecular weight is 323 g/mol. The summed E-state index contributed by atoms with van der Waals surface area (Å²) in [5.74, 6) is -1.26. The maximum Gasteiger partial charge on any atom is 0.323 e. The maximum atomic E-state index is 13.0. The summed E-state index contributed by atoms with van der Waals surface area (Å²) in [4.78, 5) is 25.6. The van der Waals surface area contributed by atoms with E-state index in [9.17, 15) is 14.7 Å². The largest absolute Gasteiger partial charge is 0.480 e. The van der Waals surface area contributed by atoms with Crippen molar-refractivity contribution in [3.05, 3.63) is 18.0 Å². The van der Waals surface area contributed by atoms with E-state index in [2.05, 4.69) is 18.9 Å². The number of hydrogen-bond donors (Lipinski definition) is 1. The van der Waals surface area contributed by atoms with Crippen molar-refractivity contribution in [1.29, 1.82) is 0 Å². The second-order valence-corrected chi connectivity index (χ2v) is 5.80. The van der Waals surface area contributed by atoms with Gasteiger partial charge in [-0.2, -0.15) is 5.10 Å². The summed E-state index contributed by atoms with van der Waals surface area (Å²) in [6.45, 7) is 4.92. The monoisotopic (exact) mass is 323 g/mol. The van der Waals surface area contributed by atoms with Crippen LogP contribution < -0.4 is 0 Å². The Morgan fingerprint density at radius 1 is 1.39 bits per heavy atom. The molecule has 1 fully saturated rings. The molecule has 0 radical (unpaired) electrons. The normalized spacial score (nSPS) is 15.8. The summed E-state index contributed by atoms with van der Waals surface area (Å²) < 4.78 is 7.05. The van der Waals surface area contributed by atoms with E-state index >= 15 is 0 Å². The van der Waals surface area contributed by atoms with Crippen LogP contribution in [0.15, 0.2) is 12.3 Å². The molecule has 1 N–H and O–H groups in total. The zero-order valence-electron chi connectivity index (χ0n) is 13.8. The summed E-state index contributed by atoms with van der Waals surface area (Å²) in [5, 5.41) is 13.5. The molecule has 0 unspecified atom stereocenters. The van der Waals surface area contributed by atoms with Gasteiger partial charge in [-0.15, -0.1) is 0 Å². The molecule has 1 aromatic rings. The predicted octanol–water partition coefficient (Wildman–Crippen LogP) is 1.95. The molecule has 7 heteroatoms. The van der Waals surface area contributed by atoms with Gasteiger partial charge in [0.1, 0.15) is 12.2 Å². The first-order chi connectivity index (χ1) is 11.1. The van der Waals surface area contributed by atoms with Crippen molar-refractivity contribution in [2.45, 2.75) is 51.6 Å². The van der Waals surface area contributed by atoms with Crippen LogP contribution >= 0.6 is 0 Å². The zero-order chi connectivity index (χ0) is 16.8. The molecule has 1 saturated heterocycles. The topological polar surface area (TPSA) is 84.7 Å². The van der Waals surface area contributed by atoms with Gasteiger partial charge in [-0.1, -0.05) is 13.8 Å². The lowest BCUT2D eigenvalue weighted by Crippen LogP contribution is -2.46. The van der Waals surface area contributed by atoms with Crippen molar-refractivity contribution in [3.8, 4) is 0 Å². The number of carbonyl (C=O) groups excluding carboxylic acids is 1. The van der Waals surface area contributed by atoms with Crippen molar-refractivity contribution in [1.82, 2.24) is 14.7 Å². The van der Waals surface area contributed by atoms with Crippen LogP contribution in [0.3, 0.4) is 0 Å². The van der Waals surface area contributed by atoms with Gasteiger partial charge < -0.3 is 14.7 Å². The summed E-state index contributed by atoms with van der Waals surface area (Å²) in [6.07, 6.45) is 4.67. The third-order valence-electron chi connectivity index (χ3n) is 4.38. The quantitative estimate of drug-likeness (QED) is 0.829. The molecule has 0 saturated carbocycles. The van der Waals surface area contributed by atoms with Crippen LogP contribution in [0.5, 0.6) is 0 Å².